The maximum atomic E-state index is 13.2. The Morgan fingerprint density at radius 3 is 2.50 bits per heavy atom. The van der Waals surface area contributed by atoms with E-state index in [2.05, 4.69) is 15.5 Å². The molecule has 2 heterocycles. The molecule has 3 unspecified atom stereocenters. The van der Waals surface area contributed by atoms with Gasteiger partial charge in [-0.3, -0.25) is 24.1 Å². The Labute approximate surface area is 257 Å². The second kappa shape index (κ2) is 15.9. The molecule has 3 amide bonds. The van der Waals surface area contributed by atoms with E-state index in [9.17, 15) is 28.8 Å². The lowest BCUT2D eigenvalue weighted by atomic mass is 9.85. The number of carbonyl (C=O) groups excluding carboxylic acids is 6. The average Bonchev–Trinajstić information content (AvgIpc) is 3.06. The highest BCUT2D eigenvalue weighted by Gasteiger charge is 2.34. The topological polar surface area (TPSA) is 145 Å². The molecular weight excluding hydrogens is 566 g/mol. The van der Waals surface area contributed by atoms with Gasteiger partial charge in [-0.2, -0.15) is 0 Å². The van der Waals surface area contributed by atoms with E-state index in [1.54, 1.807) is 23.1 Å². The zero-order chi connectivity index (χ0) is 31.5. The Morgan fingerprint density at radius 2 is 1.84 bits per heavy atom. The zero-order valence-electron chi connectivity index (χ0n) is 25.1. The molecular formula is C32H41N5O7. The summed E-state index contributed by atoms with van der Waals surface area (Å²) in [5.41, 5.74) is 3.10. The maximum absolute atomic E-state index is 13.2. The molecule has 0 spiro atoms. The van der Waals surface area contributed by atoms with Crippen molar-refractivity contribution in [2.75, 3.05) is 56.2 Å². The van der Waals surface area contributed by atoms with Crippen molar-refractivity contribution in [1.29, 1.82) is 0 Å². The number of nitrogens with one attached hydrogen (secondary N) is 2. The summed E-state index contributed by atoms with van der Waals surface area (Å²) in [6, 6.07) is 5.02. The molecule has 44 heavy (non-hydrogen) atoms. The molecule has 12 heteroatoms. The third kappa shape index (κ3) is 7.98. The molecule has 1 aromatic carbocycles. The van der Waals surface area contributed by atoms with Crippen molar-refractivity contribution in [3.8, 4) is 0 Å². The number of aldehydes is 3. The first-order chi connectivity index (χ1) is 21.4. The number of nitrogens with zero attached hydrogens (tertiary/aromatic N) is 3. The second-order valence-corrected chi connectivity index (χ2v) is 11.3. The molecule has 0 radical (unpaired) electrons. The van der Waals surface area contributed by atoms with Crippen LogP contribution in [0.4, 0.5) is 11.4 Å². The average molecular weight is 608 g/mol. The van der Waals surface area contributed by atoms with Gasteiger partial charge >= 0.3 is 0 Å². The Balaban J connectivity index is 1.29. The molecule has 2 aliphatic heterocycles. The van der Waals surface area contributed by atoms with Crippen LogP contribution < -0.4 is 15.5 Å². The van der Waals surface area contributed by atoms with Gasteiger partial charge in [-0.05, 0) is 43.5 Å². The summed E-state index contributed by atoms with van der Waals surface area (Å²) < 4.78 is 5.44. The van der Waals surface area contributed by atoms with E-state index in [1.807, 2.05) is 25.1 Å². The summed E-state index contributed by atoms with van der Waals surface area (Å²) in [5.74, 6) is -1.68. The van der Waals surface area contributed by atoms with Crippen LogP contribution in [-0.4, -0.2) is 105 Å². The number of hydrogen-bond acceptors (Lipinski definition) is 10. The van der Waals surface area contributed by atoms with Gasteiger partial charge < -0.3 is 34.8 Å². The molecule has 236 valence electrons. The van der Waals surface area contributed by atoms with Crippen LogP contribution in [0.3, 0.4) is 0 Å². The molecule has 1 aromatic rings. The van der Waals surface area contributed by atoms with Crippen LogP contribution in [0.1, 0.15) is 43.0 Å². The number of amides is 3. The Morgan fingerprint density at radius 1 is 1.09 bits per heavy atom. The predicted octanol–water partition coefficient (Wildman–Crippen LogP) is 1.57. The predicted molar refractivity (Wildman–Crippen MR) is 164 cm³/mol. The lowest BCUT2D eigenvalue weighted by Crippen LogP contribution is -2.51. The maximum Gasteiger partial charge on any atom is 0.241 e. The van der Waals surface area contributed by atoms with Gasteiger partial charge in [0.2, 0.25) is 18.2 Å². The molecule has 2 fully saturated rings. The van der Waals surface area contributed by atoms with Crippen LogP contribution in [0.25, 0.3) is 0 Å². The lowest BCUT2D eigenvalue weighted by Gasteiger charge is -2.37. The third-order valence-corrected chi connectivity index (χ3v) is 8.56. The van der Waals surface area contributed by atoms with E-state index >= 15 is 0 Å². The summed E-state index contributed by atoms with van der Waals surface area (Å²) in [7, 11) is 0. The van der Waals surface area contributed by atoms with Crippen LogP contribution >= 0.6 is 0 Å². The van der Waals surface area contributed by atoms with E-state index < -0.39 is 17.9 Å². The number of anilines is 2. The monoisotopic (exact) mass is 607 g/mol. The fourth-order valence-electron chi connectivity index (χ4n) is 5.82. The quantitative estimate of drug-likeness (QED) is 0.299. The third-order valence-electron chi connectivity index (χ3n) is 8.56. The molecule has 1 aliphatic carbocycles. The first-order valence-electron chi connectivity index (χ1n) is 15.1. The Kier molecular flexibility index (Phi) is 11.8. The van der Waals surface area contributed by atoms with Crippen molar-refractivity contribution >= 4 is 48.5 Å². The van der Waals surface area contributed by atoms with E-state index in [4.69, 9.17) is 4.74 Å². The van der Waals surface area contributed by atoms with Gasteiger partial charge in [0.25, 0.3) is 0 Å². The number of hydrogen-bond donors (Lipinski definition) is 2. The number of ether oxygens (including phenoxy) is 1. The van der Waals surface area contributed by atoms with E-state index in [0.717, 1.165) is 35.4 Å². The Hall–Kier alpha value is -4.32. The largest absolute Gasteiger partial charge is 0.381 e. The number of carbonyl (C=O) groups is 6. The van der Waals surface area contributed by atoms with Gasteiger partial charge in [0.15, 0.2) is 6.29 Å². The summed E-state index contributed by atoms with van der Waals surface area (Å²) in [6.45, 7) is 5.64. The van der Waals surface area contributed by atoms with Crippen LogP contribution in [0, 0.1) is 11.8 Å². The normalized spacial score (nSPS) is 21.1. The summed E-state index contributed by atoms with van der Waals surface area (Å²) in [5, 5.41) is 6.67. The van der Waals surface area contributed by atoms with Gasteiger partial charge in [-0.25, -0.2) is 0 Å². The van der Waals surface area contributed by atoms with Crippen LogP contribution in [0.2, 0.25) is 0 Å². The highest BCUT2D eigenvalue weighted by atomic mass is 16.5. The highest BCUT2D eigenvalue weighted by Crippen LogP contribution is 2.28. The van der Waals surface area contributed by atoms with E-state index in [1.165, 1.54) is 0 Å². The van der Waals surface area contributed by atoms with Crippen molar-refractivity contribution in [3.05, 3.63) is 47.7 Å². The van der Waals surface area contributed by atoms with Crippen LogP contribution in [0.15, 0.2) is 42.1 Å². The van der Waals surface area contributed by atoms with Crippen molar-refractivity contribution < 1.29 is 33.5 Å². The van der Waals surface area contributed by atoms with E-state index in [-0.39, 0.29) is 37.3 Å². The van der Waals surface area contributed by atoms with Crippen LogP contribution in [-0.2, 0) is 28.7 Å². The lowest BCUT2D eigenvalue weighted by molar-refractivity contribution is -0.146. The summed E-state index contributed by atoms with van der Waals surface area (Å²) >= 11 is 0. The summed E-state index contributed by atoms with van der Waals surface area (Å²) in [6.07, 6.45) is 9.41. The Bertz CT molecular complexity index is 1270. The molecule has 4 rings (SSSR count). The molecule has 3 atom stereocenters. The fourth-order valence-corrected chi connectivity index (χ4v) is 5.82. The second-order valence-electron chi connectivity index (χ2n) is 11.3. The SMILES string of the molecule is CC1C(NCC(=O)N2CCN(c3ccc(C=O)c(NC4CCOCC4)c3)CC2)=CC=CC1C(=O)N(C=O)C(C=O)CCC=O. The minimum absolute atomic E-state index is 0.0474. The molecule has 0 bridgehead atoms. The smallest absolute Gasteiger partial charge is 0.241 e. The minimum atomic E-state index is -1.01. The number of allylic oxidation sites excluding steroid dienone is 3. The van der Waals surface area contributed by atoms with Crippen molar-refractivity contribution in [1.82, 2.24) is 15.1 Å². The van der Waals surface area contributed by atoms with E-state index in [0.29, 0.717) is 69.6 Å². The molecule has 12 nitrogen and oxygen atoms in total. The summed E-state index contributed by atoms with van der Waals surface area (Å²) in [4.78, 5) is 76.7. The number of rotatable bonds is 14. The minimum Gasteiger partial charge on any atom is -0.381 e. The van der Waals surface area contributed by atoms with Gasteiger partial charge in [0.05, 0.1) is 18.5 Å². The molecule has 3 aliphatic rings. The molecule has 0 aromatic heterocycles. The van der Waals surface area contributed by atoms with Crippen molar-refractivity contribution in [2.24, 2.45) is 11.8 Å². The van der Waals surface area contributed by atoms with Gasteiger partial charge in [-0.15, -0.1) is 0 Å². The zero-order valence-corrected chi connectivity index (χ0v) is 25.1. The first-order valence-corrected chi connectivity index (χ1v) is 15.1. The standard InChI is InChI=1S/C32H41N5O7/c1-23-28(32(43)37(22-41)27(21-40)4-3-15-38)5-2-6-29(23)33-19-31(42)36-13-11-35(12-14-36)26-8-7-24(20-39)30(18-26)34-25-9-16-44-17-10-25/h2,5-8,15,18,20-23,25,27-28,33-34H,3-4,9-14,16-17,19H2,1H3. The number of piperazine rings is 1. The van der Waals surface area contributed by atoms with Crippen LogP contribution in [0.5, 0.6) is 0 Å². The molecule has 0 saturated carbocycles. The molecule has 2 saturated heterocycles. The van der Waals surface area contributed by atoms with Gasteiger partial charge in [-0.1, -0.05) is 19.1 Å². The number of benzene rings is 1. The van der Waals surface area contributed by atoms with Crippen molar-refractivity contribution in [3.63, 3.8) is 0 Å². The first kappa shape index (κ1) is 32.6. The van der Waals surface area contributed by atoms with Gasteiger partial charge in [0.1, 0.15) is 12.6 Å². The number of imide groups is 1. The van der Waals surface area contributed by atoms with Crippen molar-refractivity contribution in [2.45, 2.75) is 44.7 Å². The molecule has 2 N–H and O–H groups in total. The van der Waals surface area contributed by atoms with Gasteiger partial charge in [0, 0.05) is 80.4 Å². The fraction of sp³-hybridized carbons (Fsp3) is 0.500. The highest BCUT2D eigenvalue weighted by molar-refractivity contribution is 5.92.